The number of nitrogens with zero attached hydrogens (tertiary/aromatic N) is 3. The van der Waals surface area contributed by atoms with Gasteiger partial charge >= 0.3 is 0 Å². The van der Waals surface area contributed by atoms with E-state index in [-0.39, 0.29) is 0 Å². The van der Waals surface area contributed by atoms with Crippen molar-refractivity contribution in [2.75, 3.05) is 5.32 Å². The third-order valence-electron chi connectivity index (χ3n) is 3.58. The highest BCUT2D eigenvalue weighted by Crippen LogP contribution is 2.27. The Morgan fingerprint density at radius 3 is 3.00 bits per heavy atom. The lowest BCUT2D eigenvalue weighted by atomic mass is 10.1. The molecule has 94 valence electrons. The van der Waals surface area contributed by atoms with Gasteiger partial charge in [-0.2, -0.15) is 0 Å². The van der Waals surface area contributed by atoms with Crippen molar-refractivity contribution in [2.45, 2.75) is 19.3 Å². The first-order valence-electron chi connectivity index (χ1n) is 6.43. The molecular formula is C14H13N5. The van der Waals surface area contributed by atoms with Crippen LogP contribution in [0.3, 0.4) is 0 Å². The minimum atomic E-state index is 0.679. The molecule has 4 rings (SSSR count). The van der Waals surface area contributed by atoms with E-state index in [9.17, 15) is 0 Å². The van der Waals surface area contributed by atoms with Gasteiger partial charge in [-0.3, -0.25) is 0 Å². The quantitative estimate of drug-likeness (QED) is 0.734. The maximum absolute atomic E-state index is 4.27. The van der Waals surface area contributed by atoms with Gasteiger partial charge in [0.2, 0.25) is 0 Å². The van der Waals surface area contributed by atoms with E-state index in [4.69, 9.17) is 0 Å². The summed E-state index contributed by atoms with van der Waals surface area (Å²) in [4.78, 5) is 15.6. The molecule has 0 unspecified atom stereocenters. The van der Waals surface area contributed by atoms with E-state index in [1.54, 1.807) is 6.33 Å². The molecule has 2 aromatic heterocycles. The average molecular weight is 251 g/mol. The number of rotatable bonds is 2. The molecule has 0 radical (unpaired) electrons. The Hall–Kier alpha value is -2.43. The van der Waals surface area contributed by atoms with Crippen molar-refractivity contribution < 1.29 is 0 Å². The van der Waals surface area contributed by atoms with Gasteiger partial charge in [0.1, 0.15) is 11.8 Å². The van der Waals surface area contributed by atoms with Crippen LogP contribution in [0.5, 0.6) is 0 Å². The van der Waals surface area contributed by atoms with Crippen molar-refractivity contribution in [3.8, 4) is 0 Å². The Kier molecular flexibility index (Phi) is 2.24. The fourth-order valence-electron chi connectivity index (χ4n) is 2.65. The summed E-state index contributed by atoms with van der Waals surface area (Å²) in [5, 5.41) is 3.34. The number of anilines is 2. The van der Waals surface area contributed by atoms with Crippen LogP contribution in [0.4, 0.5) is 11.5 Å². The number of benzene rings is 1. The molecule has 0 atom stereocenters. The number of H-pyrrole nitrogens is 1. The van der Waals surface area contributed by atoms with Crippen molar-refractivity contribution in [1.29, 1.82) is 0 Å². The second-order valence-corrected chi connectivity index (χ2v) is 4.79. The summed E-state index contributed by atoms with van der Waals surface area (Å²) >= 11 is 0. The molecule has 5 heteroatoms. The van der Waals surface area contributed by atoms with Crippen LogP contribution >= 0.6 is 0 Å². The van der Waals surface area contributed by atoms with E-state index < -0.39 is 0 Å². The maximum Gasteiger partial charge on any atom is 0.182 e. The van der Waals surface area contributed by atoms with Gasteiger partial charge in [0.05, 0.1) is 6.33 Å². The zero-order chi connectivity index (χ0) is 12.7. The Bertz CT molecular complexity index is 746. The topological polar surface area (TPSA) is 66.5 Å². The van der Waals surface area contributed by atoms with Crippen LogP contribution in [0.2, 0.25) is 0 Å². The molecule has 0 spiro atoms. The molecule has 0 amide bonds. The van der Waals surface area contributed by atoms with Crippen molar-refractivity contribution in [2.24, 2.45) is 0 Å². The molecule has 0 bridgehead atoms. The summed E-state index contributed by atoms with van der Waals surface area (Å²) in [6.45, 7) is 0. The van der Waals surface area contributed by atoms with E-state index in [0.717, 1.165) is 17.0 Å². The van der Waals surface area contributed by atoms with Crippen LogP contribution in [0, 0.1) is 0 Å². The normalized spacial score (nSPS) is 13.7. The summed E-state index contributed by atoms with van der Waals surface area (Å²) in [6.07, 6.45) is 6.80. The van der Waals surface area contributed by atoms with Gasteiger partial charge in [-0.1, -0.05) is 6.07 Å². The average Bonchev–Trinajstić information content (AvgIpc) is 3.06. The summed E-state index contributed by atoms with van der Waals surface area (Å²) in [6, 6.07) is 6.52. The molecule has 2 heterocycles. The molecule has 0 saturated heterocycles. The zero-order valence-corrected chi connectivity index (χ0v) is 10.3. The highest BCUT2D eigenvalue weighted by Gasteiger charge is 2.12. The van der Waals surface area contributed by atoms with Gasteiger partial charge in [-0.25, -0.2) is 15.0 Å². The molecule has 0 aliphatic heterocycles. The van der Waals surface area contributed by atoms with Crippen molar-refractivity contribution in [3.05, 3.63) is 42.0 Å². The zero-order valence-electron chi connectivity index (χ0n) is 10.3. The molecule has 0 fully saturated rings. The molecule has 1 aliphatic rings. The Labute approximate surface area is 110 Å². The molecule has 19 heavy (non-hydrogen) atoms. The molecule has 5 nitrogen and oxygen atoms in total. The Morgan fingerprint density at radius 1 is 1.05 bits per heavy atom. The second kappa shape index (κ2) is 4.05. The summed E-state index contributed by atoms with van der Waals surface area (Å²) in [7, 11) is 0. The highest BCUT2D eigenvalue weighted by atomic mass is 15.1. The number of aromatic nitrogens is 4. The fraction of sp³-hybridized carbons (Fsp3) is 0.214. The number of nitrogens with one attached hydrogen (secondary N) is 2. The third-order valence-corrected chi connectivity index (χ3v) is 3.58. The monoisotopic (exact) mass is 251 g/mol. The summed E-state index contributed by atoms with van der Waals surface area (Å²) in [5.41, 5.74) is 5.50. The third kappa shape index (κ3) is 1.74. The number of aromatic amines is 1. The van der Waals surface area contributed by atoms with E-state index in [1.807, 2.05) is 0 Å². The lowest BCUT2D eigenvalue weighted by Gasteiger charge is -2.08. The van der Waals surface area contributed by atoms with E-state index in [2.05, 4.69) is 43.5 Å². The largest absolute Gasteiger partial charge is 0.340 e. The Morgan fingerprint density at radius 2 is 2.00 bits per heavy atom. The molecule has 2 N–H and O–H groups in total. The molecular weight excluding hydrogens is 238 g/mol. The molecule has 3 aromatic rings. The van der Waals surface area contributed by atoms with E-state index >= 15 is 0 Å². The van der Waals surface area contributed by atoms with Gasteiger partial charge in [0.15, 0.2) is 11.5 Å². The summed E-state index contributed by atoms with van der Waals surface area (Å²) in [5.74, 6) is 0.764. The first-order valence-corrected chi connectivity index (χ1v) is 6.43. The van der Waals surface area contributed by atoms with E-state index in [0.29, 0.717) is 5.65 Å². The van der Waals surface area contributed by atoms with Crippen molar-refractivity contribution in [1.82, 2.24) is 19.9 Å². The van der Waals surface area contributed by atoms with Gasteiger partial charge < -0.3 is 10.3 Å². The van der Waals surface area contributed by atoms with Crippen LogP contribution in [-0.2, 0) is 12.8 Å². The molecule has 1 aliphatic carbocycles. The van der Waals surface area contributed by atoms with Gasteiger partial charge in [-0.15, -0.1) is 0 Å². The fourth-order valence-corrected chi connectivity index (χ4v) is 2.65. The number of fused-ring (bicyclic) bond motifs is 2. The van der Waals surface area contributed by atoms with Gasteiger partial charge in [-0.05, 0) is 42.5 Å². The van der Waals surface area contributed by atoms with E-state index in [1.165, 1.54) is 36.7 Å². The molecule has 0 saturated carbocycles. The highest BCUT2D eigenvalue weighted by molar-refractivity contribution is 5.84. The minimum absolute atomic E-state index is 0.679. The first kappa shape index (κ1) is 10.5. The second-order valence-electron chi connectivity index (χ2n) is 4.79. The number of hydrogen-bond acceptors (Lipinski definition) is 4. The summed E-state index contributed by atoms with van der Waals surface area (Å²) < 4.78 is 0. The van der Waals surface area contributed by atoms with Gasteiger partial charge in [0, 0.05) is 5.69 Å². The lowest BCUT2D eigenvalue weighted by Crippen LogP contribution is -1.96. The number of hydrogen-bond donors (Lipinski definition) is 2. The van der Waals surface area contributed by atoms with Crippen LogP contribution in [-0.4, -0.2) is 19.9 Å². The maximum atomic E-state index is 4.27. The first-order chi connectivity index (χ1) is 9.40. The minimum Gasteiger partial charge on any atom is -0.340 e. The van der Waals surface area contributed by atoms with Crippen LogP contribution in [0.15, 0.2) is 30.9 Å². The molecule has 1 aromatic carbocycles. The predicted octanol–water partition coefficient (Wildman–Crippen LogP) is 2.59. The number of aryl methyl sites for hydroxylation is 2. The SMILES string of the molecule is c1nc(Nc2ccc3c(c2)CCC3)c2[nH]cnc2n1. The van der Waals surface area contributed by atoms with Crippen LogP contribution < -0.4 is 5.32 Å². The smallest absolute Gasteiger partial charge is 0.182 e. The van der Waals surface area contributed by atoms with Gasteiger partial charge in [0.25, 0.3) is 0 Å². The van der Waals surface area contributed by atoms with Crippen LogP contribution in [0.25, 0.3) is 11.2 Å². The predicted molar refractivity (Wildman–Crippen MR) is 73.4 cm³/mol. The van der Waals surface area contributed by atoms with Crippen LogP contribution in [0.1, 0.15) is 17.5 Å². The lowest BCUT2D eigenvalue weighted by molar-refractivity contribution is 0.912. The van der Waals surface area contributed by atoms with Crippen molar-refractivity contribution in [3.63, 3.8) is 0 Å². The van der Waals surface area contributed by atoms with Crippen molar-refractivity contribution >= 4 is 22.7 Å². The number of imidazole rings is 1. The standard InChI is InChI=1S/C14H13N5/c1-2-9-4-5-11(6-10(9)3-1)19-14-12-13(16-7-15-12)17-8-18-14/h4-8H,1-3H2,(H2,15,16,17,18,19). The Balaban J connectivity index is 1.73.